The van der Waals surface area contributed by atoms with Crippen LogP contribution in [-0.4, -0.2) is 46.5 Å². The summed E-state index contributed by atoms with van der Waals surface area (Å²) in [5.41, 5.74) is 2.80. The van der Waals surface area contributed by atoms with Gasteiger partial charge in [-0.3, -0.25) is 9.59 Å². The molecule has 0 spiro atoms. The second-order valence-corrected chi connectivity index (χ2v) is 7.33. The zero-order chi connectivity index (χ0) is 20.2. The molecule has 4 rings (SSSR count). The monoisotopic (exact) mass is 390 g/mol. The lowest BCUT2D eigenvalue weighted by Crippen LogP contribution is -2.50. The van der Waals surface area contributed by atoms with Gasteiger partial charge < -0.3 is 14.4 Å². The predicted molar refractivity (Wildman–Crippen MR) is 115 cm³/mol. The molecule has 6 nitrogen and oxygen atoms in total. The van der Waals surface area contributed by atoms with Gasteiger partial charge in [-0.25, -0.2) is 4.98 Å². The summed E-state index contributed by atoms with van der Waals surface area (Å²) in [6, 6.07) is 17.8. The highest BCUT2D eigenvalue weighted by Crippen LogP contribution is 2.16. The Hall–Kier alpha value is -3.15. The van der Waals surface area contributed by atoms with Gasteiger partial charge in [-0.1, -0.05) is 42.5 Å². The van der Waals surface area contributed by atoms with Gasteiger partial charge >= 0.3 is 0 Å². The Morgan fingerprint density at radius 3 is 2.38 bits per heavy atom. The number of nitrogens with zero attached hydrogens (tertiary/aromatic N) is 4. The van der Waals surface area contributed by atoms with Crippen LogP contribution in [0.2, 0.25) is 0 Å². The van der Waals surface area contributed by atoms with E-state index in [-0.39, 0.29) is 11.5 Å². The number of fused-ring (bicyclic) bond motifs is 1. The minimum atomic E-state index is -0.0601. The van der Waals surface area contributed by atoms with E-state index in [9.17, 15) is 9.59 Å². The smallest absolute Gasteiger partial charge is 0.293 e. The Kier molecular flexibility index (Phi) is 5.60. The third kappa shape index (κ3) is 4.01. The maximum absolute atomic E-state index is 13.0. The molecule has 1 aromatic heterocycles. The van der Waals surface area contributed by atoms with Crippen LogP contribution < -0.4 is 10.5 Å². The average molecular weight is 390 g/mol. The van der Waals surface area contributed by atoms with Crippen LogP contribution in [0, 0.1) is 0 Å². The van der Waals surface area contributed by atoms with E-state index in [0.29, 0.717) is 45.0 Å². The predicted octanol–water partition coefficient (Wildman–Crippen LogP) is 2.70. The second kappa shape index (κ2) is 8.47. The van der Waals surface area contributed by atoms with Crippen LogP contribution in [0.25, 0.3) is 11.0 Å². The van der Waals surface area contributed by atoms with Gasteiger partial charge in [0.15, 0.2) is 5.82 Å². The fraction of sp³-hybridized carbons (Fsp3) is 0.348. The van der Waals surface area contributed by atoms with Crippen LogP contribution in [0.1, 0.15) is 18.9 Å². The lowest BCUT2D eigenvalue weighted by atomic mass is 10.1. The summed E-state index contributed by atoms with van der Waals surface area (Å²) >= 11 is 0. The van der Waals surface area contributed by atoms with Crippen molar-refractivity contribution in [2.75, 3.05) is 31.1 Å². The number of hydrogen-bond acceptors (Lipinski definition) is 4. The van der Waals surface area contributed by atoms with Crippen molar-refractivity contribution in [1.82, 2.24) is 14.5 Å². The fourth-order valence-corrected chi connectivity index (χ4v) is 3.92. The largest absolute Gasteiger partial charge is 0.348 e. The zero-order valence-corrected chi connectivity index (χ0v) is 16.8. The summed E-state index contributed by atoms with van der Waals surface area (Å²) < 4.78 is 1.77. The number of benzene rings is 2. The van der Waals surface area contributed by atoms with E-state index in [1.54, 1.807) is 4.57 Å². The summed E-state index contributed by atoms with van der Waals surface area (Å²) in [5, 5.41) is 0. The van der Waals surface area contributed by atoms with Gasteiger partial charge in [-0.05, 0) is 31.0 Å². The summed E-state index contributed by atoms with van der Waals surface area (Å²) in [4.78, 5) is 34.1. The van der Waals surface area contributed by atoms with Crippen LogP contribution in [0.3, 0.4) is 0 Å². The molecule has 0 saturated carbocycles. The van der Waals surface area contributed by atoms with Gasteiger partial charge in [-0.2, -0.15) is 0 Å². The van der Waals surface area contributed by atoms with E-state index >= 15 is 0 Å². The van der Waals surface area contributed by atoms with Crippen molar-refractivity contribution in [3.8, 4) is 0 Å². The van der Waals surface area contributed by atoms with Crippen LogP contribution in [0.5, 0.6) is 0 Å². The van der Waals surface area contributed by atoms with Gasteiger partial charge in [0.05, 0.1) is 11.0 Å². The molecule has 1 aliphatic heterocycles. The number of aryl methyl sites for hydroxylation is 2. The molecule has 0 bridgehead atoms. The second-order valence-electron chi connectivity index (χ2n) is 7.33. The van der Waals surface area contributed by atoms with Crippen LogP contribution in [0.15, 0.2) is 59.4 Å². The van der Waals surface area contributed by atoms with Gasteiger partial charge in [0.25, 0.3) is 5.56 Å². The number of rotatable bonds is 5. The van der Waals surface area contributed by atoms with Crippen molar-refractivity contribution >= 4 is 22.8 Å². The molecular weight excluding hydrogens is 364 g/mol. The summed E-state index contributed by atoms with van der Waals surface area (Å²) in [5.74, 6) is 0.660. The van der Waals surface area contributed by atoms with Crippen molar-refractivity contribution in [3.05, 3.63) is 70.5 Å². The van der Waals surface area contributed by atoms with Crippen molar-refractivity contribution in [2.45, 2.75) is 26.3 Å². The molecule has 0 aliphatic carbocycles. The number of para-hydroxylation sites is 2. The van der Waals surface area contributed by atoms with Gasteiger partial charge in [-0.15, -0.1) is 0 Å². The Bertz CT molecular complexity index is 1050. The molecule has 2 aromatic carbocycles. The zero-order valence-electron chi connectivity index (χ0n) is 16.8. The van der Waals surface area contributed by atoms with E-state index in [2.05, 4.69) is 17.1 Å². The van der Waals surface area contributed by atoms with Gasteiger partial charge in [0, 0.05) is 39.1 Å². The summed E-state index contributed by atoms with van der Waals surface area (Å²) in [6.45, 7) is 5.07. The molecule has 3 aromatic rings. The molecule has 0 unspecified atom stereocenters. The molecule has 29 heavy (non-hydrogen) atoms. The molecule has 0 N–H and O–H groups in total. The first-order valence-electron chi connectivity index (χ1n) is 10.2. The molecule has 2 heterocycles. The number of anilines is 1. The van der Waals surface area contributed by atoms with E-state index in [1.165, 1.54) is 5.56 Å². The summed E-state index contributed by atoms with van der Waals surface area (Å²) in [6.07, 6.45) is 1.27. The standard InChI is InChI=1S/C23H26N4O2/c1-2-27-20-11-7-6-10-19(20)24-22(23(27)29)26-16-14-25(15-17-26)21(28)13-12-18-8-4-3-5-9-18/h3-11H,2,12-17H2,1H3. The number of amides is 1. The molecule has 1 amide bonds. The average Bonchev–Trinajstić information content (AvgIpc) is 2.78. The van der Waals surface area contributed by atoms with E-state index in [1.807, 2.05) is 59.2 Å². The van der Waals surface area contributed by atoms with Gasteiger partial charge in [0.1, 0.15) is 0 Å². The highest BCUT2D eigenvalue weighted by atomic mass is 16.2. The van der Waals surface area contributed by atoms with Crippen LogP contribution >= 0.6 is 0 Å². The Balaban J connectivity index is 1.44. The lowest BCUT2D eigenvalue weighted by Gasteiger charge is -2.35. The fourth-order valence-electron chi connectivity index (χ4n) is 3.92. The molecule has 0 atom stereocenters. The summed E-state index contributed by atoms with van der Waals surface area (Å²) in [7, 11) is 0. The minimum Gasteiger partial charge on any atom is -0.348 e. The van der Waals surface area contributed by atoms with Gasteiger partial charge in [0.2, 0.25) is 5.91 Å². The van der Waals surface area contributed by atoms with E-state index < -0.39 is 0 Å². The molecule has 1 aliphatic rings. The van der Waals surface area contributed by atoms with Crippen molar-refractivity contribution in [1.29, 1.82) is 0 Å². The van der Waals surface area contributed by atoms with Crippen molar-refractivity contribution in [2.24, 2.45) is 0 Å². The molecule has 150 valence electrons. The number of aromatic nitrogens is 2. The SMILES string of the molecule is CCn1c(=O)c(N2CCN(C(=O)CCc3ccccc3)CC2)nc2ccccc21. The first-order chi connectivity index (χ1) is 14.2. The highest BCUT2D eigenvalue weighted by molar-refractivity contribution is 5.77. The number of carbonyl (C=O) groups excluding carboxylic acids is 1. The third-order valence-corrected chi connectivity index (χ3v) is 5.55. The molecule has 0 radical (unpaired) electrons. The van der Waals surface area contributed by atoms with Crippen molar-refractivity contribution in [3.63, 3.8) is 0 Å². The minimum absolute atomic E-state index is 0.0601. The highest BCUT2D eigenvalue weighted by Gasteiger charge is 2.24. The maximum atomic E-state index is 13.0. The molecular formula is C23H26N4O2. The Morgan fingerprint density at radius 1 is 0.966 bits per heavy atom. The lowest BCUT2D eigenvalue weighted by molar-refractivity contribution is -0.131. The van der Waals surface area contributed by atoms with E-state index in [0.717, 1.165) is 17.5 Å². The number of carbonyl (C=O) groups is 1. The maximum Gasteiger partial charge on any atom is 0.293 e. The van der Waals surface area contributed by atoms with Crippen LogP contribution in [0.4, 0.5) is 5.82 Å². The Morgan fingerprint density at radius 2 is 1.66 bits per heavy atom. The third-order valence-electron chi connectivity index (χ3n) is 5.55. The number of piperazine rings is 1. The van der Waals surface area contributed by atoms with Crippen molar-refractivity contribution < 1.29 is 4.79 Å². The molecule has 1 saturated heterocycles. The molecule has 1 fully saturated rings. The number of hydrogen-bond donors (Lipinski definition) is 0. The molecule has 6 heteroatoms. The Labute approximate surface area is 170 Å². The topological polar surface area (TPSA) is 58.4 Å². The first kappa shape index (κ1) is 19.2. The quantitative estimate of drug-likeness (QED) is 0.672. The first-order valence-corrected chi connectivity index (χ1v) is 10.2. The van der Waals surface area contributed by atoms with Crippen LogP contribution in [-0.2, 0) is 17.8 Å². The normalized spacial score (nSPS) is 14.4. The van der Waals surface area contributed by atoms with E-state index in [4.69, 9.17) is 0 Å².